The van der Waals surface area contributed by atoms with Crippen LogP contribution in [0.3, 0.4) is 0 Å². The maximum atomic E-state index is 13.1. The second-order valence-electron chi connectivity index (χ2n) is 11.0. The van der Waals surface area contributed by atoms with Crippen molar-refractivity contribution in [2.45, 2.75) is 71.0 Å². The summed E-state index contributed by atoms with van der Waals surface area (Å²) in [5.41, 5.74) is -1.51. The summed E-state index contributed by atoms with van der Waals surface area (Å²) in [6.45, 7) is 5.52. The molecule has 0 saturated heterocycles. The van der Waals surface area contributed by atoms with Gasteiger partial charge >= 0.3 is 5.97 Å². The van der Waals surface area contributed by atoms with Crippen LogP contribution in [0.2, 0.25) is 0 Å². The largest absolute Gasteiger partial charge is 0.456 e. The van der Waals surface area contributed by atoms with Crippen molar-refractivity contribution in [3.8, 4) is 0 Å². The zero-order chi connectivity index (χ0) is 23.5. The summed E-state index contributed by atoms with van der Waals surface area (Å²) in [5.74, 6) is -0.510. The highest BCUT2D eigenvalue weighted by Crippen LogP contribution is 2.68. The Morgan fingerprint density at radius 1 is 1.22 bits per heavy atom. The first kappa shape index (κ1) is 23.6. The van der Waals surface area contributed by atoms with Gasteiger partial charge in [-0.05, 0) is 67.3 Å². The van der Waals surface area contributed by atoms with Gasteiger partial charge in [0.05, 0.1) is 6.10 Å². The number of aliphatic hydroxyl groups is 2. The Labute approximate surface area is 189 Å². The molecule has 0 amide bonds. The average Bonchev–Trinajstić information content (AvgIpc) is 2.99. The van der Waals surface area contributed by atoms with E-state index in [0.29, 0.717) is 25.7 Å². The van der Waals surface area contributed by atoms with Crippen LogP contribution in [-0.2, 0) is 23.9 Å². The molecule has 0 bridgehead atoms. The molecule has 3 fully saturated rings. The van der Waals surface area contributed by atoms with Gasteiger partial charge in [0.15, 0.2) is 12.4 Å². The highest BCUT2D eigenvalue weighted by Gasteiger charge is 2.68. The van der Waals surface area contributed by atoms with Gasteiger partial charge in [0.1, 0.15) is 12.2 Å². The first-order valence-corrected chi connectivity index (χ1v) is 11.8. The van der Waals surface area contributed by atoms with Crippen LogP contribution in [0.5, 0.6) is 0 Å². The minimum atomic E-state index is -1.64. The molecule has 0 aromatic carbocycles. The molecule has 0 heterocycles. The Morgan fingerprint density at radius 2 is 1.94 bits per heavy atom. The average molecular weight is 449 g/mol. The molecule has 7 nitrogen and oxygen atoms in total. The second-order valence-corrected chi connectivity index (χ2v) is 11.0. The summed E-state index contributed by atoms with van der Waals surface area (Å²) in [4.78, 5) is 36.9. The Morgan fingerprint density at radius 3 is 2.62 bits per heavy atom. The molecule has 2 N–H and O–H groups in total. The first-order valence-electron chi connectivity index (χ1n) is 11.8. The van der Waals surface area contributed by atoms with E-state index in [-0.39, 0.29) is 41.5 Å². The lowest BCUT2D eigenvalue weighted by Crippen LogP contribution is -2.62. The van der Waals surface area contributed by atoms with E-state index in [2.05, 4.69) is 13.8 Å². The predicted molar refractivity (Wildman–Crippen MR) is 115 cm³/mol. The van der Waals surface area contributed by atoms with Crippen molar-refractivity contribution < 1.29 is 34.1 Å². The molecule has 7 heteroatoms. The number of rotatable bonds is 5. The van der Waals surface area contributed by atoms with Gasteiger partial charge in [0.25, 0.3) is 0 Å². The van der Waals surface area contributed by atoms with Gasteiger partial charge < -0.3 is 19.7 Å². The minimum absolute atomic E-state index is 0.00751. The van der Waals surface area contributed by atoms with Crippen LogP contribution in [0.1, 0.15) is 59.3 Å². The van der Waals surface area contributed by atoms with Crippen LogP contribution in [0.25, 0.3) is 0 Å². The van der Waals surface area contributed by atoms with Crippen molar-refractivity contribution in [3.05, 3.63) is 11.6 Å². The maximum absolute atomic E-state index is 13.1. The number of fused-ring (bicyclic) bond motifs is 5. The number of carbonyl (C=O) groups is 3. The Balaban J connectivity index is 1.62. The molecule has 32 heavy (non-hydrogen) atoms. The van der Waals surface area contributed by atoms with Gasteiger partial charge in [0, 0.05) is 18.9 Å². The van der Waals surface area contributed by atoms with E-state index in [9.17, 15) is 24.6 Å². The van der Waals surface area contributed by atoms with Crippen LogP contribution in [0, 0.1) is 34.5 Å². The Hall–Kier alpha value is -1.57. The fourth-order valence-corrected chi connectivity index (χ4v) is 8.01. The van der Waals surface area contributed by atoms with E-state index in [1.54, 1.807) is 0 Å². The molecule has 0 aromatic rings. The standard InChI is InChI=1S/C25H36O7/c1-14-9-16-17-6-8-25(30,20(28)12-32-21(29)13-31-4)24(17,3)11-19(27)22(16)23(2)7-5-15(26)10-18(14)23/h10,14,16-17,19,22,27,30H,5-9,11-13H2,1-4H3/t14?,16-,17-,19?,22+,23-,24-,25-/m0/s1. The van der Waals surface area contributed by atoms with Crippen molar-refractivity contribution in [1.82, 2.24) is 0 Å². The van der Waals surface area contributed by atoms with E-state index in [1.807, 2.05) is 13.0 Å². The fourth-order valence-electron chi connectivity index (χ4n) is 8.01. The normalized spacial score (nSPS) is 45.4. The third-order valence-corrected chi connectivity index (χ3v) is 9.45. The number of ketones is 2. The number of aliphatic hydroxyl groups excluding tert-OH is 1. The molecule has 0 radical (unpaired) electrons. The molecule has 4 rings (SSSR count). The summed E-state index contributed by atoms with van der Waals surface area (Å²) >= 11 is 0. The monoisotopic (exact) mass is 448 g/mol. The lowest BCUT2D eigenvalue weighted by Gasteiger charge is -2.61. The zero-order valence-corrected chi connectivity index (χ0v) is 19.6. The molecule has 3 saturated carbocycles. The first-order chi connectivity index (χ1) is 15.0. The number of ether oxygens (including phenoxy) is 2. The minimum Gasteiger partial charge on any atom is -0.456 e. The van der Waals surface area contributed by atoms with Gasteiger partial charge in [-0.25, -0.2) is 4.79 Å². The number of allylic oxidation sites excluding steroid dienone is 1. The summed E-state index contributed by atoms with van der Waals surface area (Å²) in [6, 6.07) is 0. The molecular formula is C25H36O7. The summed E-state index contributed by atoms with van der Waals surface area (Å²) < 4.78 is 9.75. The van der Waals surface area contributed by atoms with Crippen LogP contribution in [-0.4, -0.2) is 59.8 Å². The smallest absolute Gasteiger partial charge is 0.332 e. The highest BCUT2D eigenvalue weighted by molar-refractivity contribution is 5.92. The second kappa shape index (κ2) is 8.03. The summed E-state index contributed by atoms with van der Waals surface area (Å²) in [7, 11) is 1.37. The Kier molecular flexibility index (Phi) is 5.92. The number of Topliss-reactive ketones (excluding diaryl/α,β-unsaturated/α-hetero) is 1. The topological polar surface area (TPSA) is 110 Å². The number of carbonyl (C=O) groups excluding carboxylic acids is 3. The van der Waals surface area contributed by atoms with Crippen molar-refractivity contribution in [2.75, 3.05) is 20.3 Å². The van der Waals surface area contributed by atoms with Crippen LogP contribution in [0.15, 0.2) is 11.6 Å². The van der Waals surface area contributed by atoms with Crippen molar-refractivity contribution in [2.24, 2.45) is 34.5 Å². The molecule has 0 aromatic heterocycles. The predicted octanol–water partition coefficient (Wildman–Crippen LogP) is 2.22. The van der Waals surface area contributed by atoms with Crippen molar-refractivity contribution in [3.63, 3.8) is 0 Å². The molecule has 0 aliphatic heterocycles. The molecule has 2 unspecified atom stereocenters. The molecule has 4 aliphatic carbocycles. The quantitative estimate of drug-likeness (QED) is 0.621. The van der Waals surface area contributed by atoms with E-state index in [1.165, 1.54) is 7.11 Å². The third-order valence-electron chi connectivity index (χ3n) is 9.45. The molecule has 8 atom stereocenters. The van der Waals surface area contributed by atoms with E-state index >= 15 is 0 Å². The third kappa shape index (κ3) is 3.31. The van der Waals surface area contributed by atoms with E-state index in [0.717, 1.165) is 18.4 Å². The fraction of sp³-hybridized carbons (Fsp3) is 0.800. The Bertz CT molecular complexity index is 849. The van der Waals surface area contributed by atoms with Gasteiger partial charge in [0.2, 0.25) is 5.78 Å². The summed E-state index contributed by atoms with van der Waals surface area (Å²) in [6.07, 6.45) is 4.53. The highest BCUT2D eigenvalue weighted by atomic mass is 16.6. The van der Waals surface area contributed by atoms with Gasteiger partial charge in [-0.3, -0.25) is 9.59 Å². The number of hydrogen-bond donors (Lipinski definition) is 2. The molecule has 4 aliphatic rings. The van der Waals surface area contributed by atoms with E-state index < -0.39 is 35.5 Å². The molecule has 178 valence electrons. The van der Waals surface area contributed by atoms with Crippen LogP contribution in [0.4, 0.5) is 0 Å². The van der Waals surface area contributed by atoms with Crippen LogP contribution < -0.4 is 0 Å². The van der Waals surface area contributed by atoms with Crippen molar-refractivity contribution >= 4 is 17.5 Å². The lowest BCUT2D eigenvalue weighted by molar-refractivity contribution is -0.186. The van der Waals surface area contributed by atoms with E-state index in [4.69, 9.17) is 9.47 Å². The maximum Gasteiger partial charge on any atom is 0.332 e. The van der Waals surface area contributed by atoms with Gasteiger partial charge in [-0.2, -0.15) is 0 Å². The summed E-state index contributed by atoms with van der Waals surface area (Å²) in [5, 5.41) is 23.1. The SMILES string of the molecule is COCC(=O)OCC(=O)[C@@]1(O)CC[C@H]2[C@@H]3CC(C)C4=CC(=O)CC[C@]4(C)[C@H]3C(O)C[C@@]21C. The van der Waals surface area contributed by atoms with Gasteiger partial charge in [-0.1, -0.05) is 26.3 Å². The van der Waals surface area contributed by atoms with Crippen molar-refractivity contribution in [1.29, 1.82) is 0 Å². The number of methoxy groups -OCH3 is 1. The number of esters is 1. The lowest BCUT2D eigenvalue weighted by atomic mass is 9.44. The molecule has 0 spiro atoms. The van der Waals surface area contributed by atoms with Gasteiger partial charge in [-0.15, -0.1) is 0 Å². The number of hydrogen-bond acceptors (Lipinski definition) is 7. The molecular weight excluding hydrogens is 412 g/mol. The van der Waals surface area contributed by atoms with Crippen LogP contribution >= 0.6 is 0 Å². The zero-order valence-electron chi connectivity index (χ0n) is 19.6.